The van der Waals surface area contributed by atoms with Crippen molar-refractivity contribution in [3.8, 4) is 11.3 Å². The minimum atomic E-state index is 0.431. The van der Waals surface area contributed by atoms with Crippen LogP contribution in [-0.2, 0) is 13.0 Å². The van der Waals surface area contributed by atoms with Crippen molar-refractivity contribution in [3.05, 3.63) is 58.7 Å². The van der Waals surface area contributed by atoms with Crippen LogP contribution in [0.2, 0.25) is 0 Å². The molecule has 3 rings (SSSR count). The number of hydrogen-bond acceptors (Lipinski definition) is 4. The van der Waals surface area contributed by atoms with Gasteiger partial charge in [-0.3, -0.25) is 10.1 Å². The smallest absolute Gasteiger partial charge is 0.0710 e. The Labute approximate surface area is 128 Å². The predicted octanol–water partition coefficient (Wildman–Crippen LogP) is 3.25. The van der Waals surface area contributed by atoms with Crippen molar-refractivity contribution < 1.29 is 0 Å². The first-order valence-electron chi connectivity index (χ1n) is 7.01. The molecule has 3 aromatic heterocycles. The van der Waals surface area contributed by atoms with Crippen molar-refractivity contribution in [2.24, 2.45) is 0 Å². The maximum Gasteiger partial charge on any atom is 0.0710 e. The van der Waals surface area contributed by atoms with E-state index in [-0.39, 0.29) is 0 Å². The SMILES string of the molecule is CC(Cc1cccs1)NCc1cn[nH]c1-c1cccnc1. The van der Waals surface area contributed by atoms with E-state index in [1.54, 1.807) is 6.20 Å². The molecular formula is C16H18N4S. The molecule has 0 aromatic carbocycles. The number of thiophene rings is 1. The first-order valence-corrected chi connectivity index (χ1v) is 7.89. The Morgan fingerprint density at radius 1 is 1.29 bits per heavy atom. The van der Waals surface area contributed by atoms with E-state index in [1.165, 1.54) is 10.4 Å². The predicted molar refractivity (Wildman–Crippen MR) is 86.1 cm³/mol. The fraction of sp³-hybridized carbons (Fsp3) is 0.250. The minimum Gasteiger partial charge on any atom is -0.310 e. The quantitative estimate of drug-likeness (QED) is 0.734. The highest BCUT2D eigenvalue weighted by molar-refractivity contribution is 7.09. The Morgan fingerprint density at radius 3 is 3.00 bits per heavy atom. The normalized spacial score (nSPS) is 12.4. The van der Waals surface area contributed by atoms with Gasteiger partial charge in [-0.25, -0.2) is 0 Å². The standard InChI is InChI=1S/C16H18N4S/c1-12(8-15-5-3-7-21-15)18-10-14-11-19-20-16(14)13-4-2-6-17-9-13/h2-7,9,11-12,18H,8,10H2,1H3,(H,19,20). The van der Waals surface area contributed by atoms with Crippen LogP contribution in [0.5, 0.6) is 0 Å². The zero-order valence-corrected chi connectivity index (χ0v) is 12.7. The average Bonchev–Trinajstić information content (AvgIpc) is 3.17. The van der Waals surface area contributed by atoms with Crippen LogP contribution in [0, 0.1) is 0 Å². The van der Waals surface area contributed by atoms with Gasteiger partial charge in [-0.15, -0.1) is 11.3 Å². The van der Waals surface area contributed by atoms with E-state index in [0.29, 0.717) is 6.04 Å². The molecule has 1 unspecified atom stereocenters. The van der Waals surface area contributed by atoms with Gasteiger partial charge in [0, 0.05) is 41.0 Å². The first kappa shape index (κ1) is 14.0. The summed E-state index contributed by atoms with van der Waals surface area (Å²) in [5, 5.41) is 12.9. The van der Waals surface area contributed by atoms with E-state index in [9.17, 15) is 0 Å². The monoisotopic (exact) mass is 298 g/mol. The van der Waals surface area contributed by atoms with Crippen LogP contribution in [-0.4, -0.2) is 21.2 Å². The van der Waals surface area contributed by atoms with E-state index < -0.39 is 0 Å². The van der Waals surface area contributed by atoms with Gasteiger partial charge in [0.2, 0.25) is 0 Å². The summed E-state index contributed by atoms with van der Waals surface area (Å²) in [6.45, 7) is 3.01. The molecule has 108 valence electrons. The van der Waals surface area contributed by atoms with Gasteiger partial charge in [0.25, 0.3) is 0 Å². The Kier molecular flexibility index (Phi) is 4.43. The summed E-state index contributed by atoms with van der Waals surface area (Å²) in [5.41, 5.74) is 3.28. The molecule has 0 aliphatic carbocycles. The molecule has 5 heteroatoms. The number of aromatic nitrogens is 3. The molecule has 4 nitrogen and oxygen atoms in total. The molecule has 0 amide bonds. The van der Waals surface area contributed by atoms with E-state index in [1.807, 2.05) is 35.9 Å². The third kappa shape index (κ3) is 3.56. The van der Waals surface area contributed by atoms with Crippen molar-refractivity contribution in [2.45, 2.75) is 25.9 Å². The van der Waals surface area contributed by atoms with Crippen molar-refractivity contribution >= 4 is 11.3 Å². The molecule has 0 saturated carbocycles. The van der Waals surface area contributed by atoms with Crippen molar-refractivity contribution in [3.63, 3.8) is 0 Å². The van der Waals surface area contributed by atoms with Crippen molar-refractivity contribution in [2.75, 3.05) is 0 Å². The largest absolute Gasteiger partial charge is 0.310 e. The number of nitrogens with zero attached hydrogens (tertiary/aromatic N) is 2. The molecule has 3 aromatic rings. The highest BCUT2D eigenvalue weighted by Crippen LogP contribution is 2.20. The molecule has 21 heavy (non-hydrogen) atoms. The second kappa shape index (κ2) is 6.65. The van der Waals surface area contributed by atoms with Gasteiger partial charge >= 0.3 is 0 Å². The third-order valence-corrected chi connectivity index (χ3v) is 4.30. The molecule has 0 aliphatic rings. The lowest BCUT2D eigenvalue weighted by atomic mass is 10.1. The van der Waals surface area contributed by atoms with Crippen LogP contribution in [0.25, 0.3) is 11.3 Å². The van der Waals surface area contributed by atoms with Crippen LogP contribution < -0.4 is 5.32 Å². The van der Waals surface area contributed by atoms with E-state index in [2.05, 4.69) is 44.9 Å². The van der Waals surface area contributed by atoms with Crippen LogP contribution in [0.15, 0.2) is 48.2 Å². The first-order chi connectivity index (χ1) is 10.3. The zero-order chi connectivity index (χ0) is 14.5. The van der Waals surface area contributed by atoms with Gasteiger partial charge in [-0.1, -0.05) is 6.07 Å². The summed E-state index contributed by atoms with van der Waals surface area (Å²) in [7, 11) is 0. The average molecular weight is 298 g/mol. The molecule has 1 atom stereocenters. The molecule has 0 radical (unpaired) electrons. The van der Waals surface area contributed by atoms with Crippen LogP contribution >= 0.6 is 11.3 Å². The third-order valence-electron chi connectivity index (χ3n) is 3.40. The maximum absolute atomic E-state index is 4.16. The lowest BCUT2D eigenvalue weighted by Crippen LogP contribution is -2.27. The maximum atomic E-state index is 4.16. The van der Waals surface area contributed by atoms with Crippen LogP contribution in [0.1, 0.15) is 17.4 Å². The van der Waals surface area contributed by atoms with E-state index >= 15 is 0 Å². The lowest BCUT2D eigenvalue weighted by Gasteiger charge is -2.12. The molecule has 0 fully saturated rings. The Hall–Kier alpha value is -1.98. The van der Waals surface area contributed by atoms with Gasteiger partial charge in [0.05, 0.1) is 11.9 Å². The highest BCUT2D eigenvalue weighted by atomic mass is 32.1. The summed E-state index contributed by atoms with van der Waals surface area (Å²) in [4.78, 5) is 5.57. The second-order valence-corrected chi connectivity index (χ2v) is 6.11. The Balaban J connectivity index is 1.62. The van der Waals surface area contributed by atoms with E-state index in [0.717, 1.165) is 24.2 Å². The van der Waals surface area contributed by atoms with Crippen LogP contribution in [0.3, 0.4) is 0 Å². The Morgan fingerprint density at radius 2 is 2.24 bits per heavy atom. The fourth-order valence-corrected chi connectivity index (χ4v) is 3.13. The highest BCUT2D eigenvalue weighted by Gasteiger charge is 2.09. The zero-order valence-electron chi connectivity index (χ0n) is 11.9. The molecule has 0 saturated heterocycles. The van der Waals surface area contributed by atoms with Gasteiger partial charge in [0.15, 0.2) is 0 Å². The number of nitrogens with one attached hydrogen (secondary N) is 2. The molecular weight excluding hydrogens is 280 g/mol. The summed E-state index contributed by atoms with van der Waals surface area (Å²) in [5.74, 6) is 0. The molecule has 0 spiro atoms. The minimum absolute atomic E-state index is 0.431. The molecule has 2 N–H and O–H groups in total. The number of hydrogen-bond donors (Lipinski definition) is 2. The molecule has 0 bridgehead atoms. The van der Waals surface area contributed by atoms with Crippen LogP contribution in [0.4, 0.5) is 0 Å². The van der Waals surface area contributed by atoms with Gasteiger partial charge in [0.1, 0.15) is 0 Å². The van der Waals surface area contributed by atoms with Gasteiger partial charge in [-0.05, 0) is 36.9 Å². The summed E-state index contributed by atoms with van der Waals surface area (Å²) in [6, 6.07) is 8.69. The van der Waals surface area contributed by atoms with E-state index in [4.69, 9.17) is 0 Å². The van der Waals surface area contributed by atoms with Gasteiger partial charge in [-0.2, -0.15) is 5.10 Å². The summed E-state index contributed by atoms with van der Waals surface area (Å²) >= 11 is 1.81. The fourth-order valence-electron chi connectivity index (χ4n) is 2.29. The van der Waals surface area contributed by atoms with Gasteiger partial charge < -0.3 is 5.32 Å². The molecule has 0 aliphatic heterocycles. The van der Waals surface area contributed by atoms with Crippen molar-refractivity contribution in [1.82, 2.24) is 20.5 Å². The number of rotatable bonds is 6. The lowest BCUT2D eigenvalue weighted by molar-refractivity contribution is 0.549. The van der Waals surface area contributed by atoms with Crippen molar-refractivity contribution in [1.29, 1.82) is 0 Å². The second-order valence-electron chi connectivity index (χ2n) is 5.08. The summed E-state index contributed by atoms with van der Waals surface area (Å²) in [6.07, 6.45) is 6.57. The number of H-pyrrole nitrogens is 1. The topological polar surface area (TPSA) is 53.6 Å². The summed E-state index contributed by atoms with van der Waals surface area (Å²) < 4.78 is 0. The molecule has 3 heterocycles. The number of pyridine rings is 1. The Bertz CT molecular complexity index is 661. The number of aromatic amines is 1.